The van der Waals surface area contributed by atoms with Gasteiger partial charge in [0.25, 0.3) is 0 Å². The first-order valence-electron chi connectivity index (χ1n) is 5.84. The first-order chi connectivity index (χ1) is 7.74. The number of ether oxygens (including phenoxy) is 2. The number of hydrogen-bond donors (Lipinski definition) is 1. The SMILES string of the molecule is Cc1ccc(CC2CO2)c(N)c1CC1CO1. The van der Waals surface area contributed by atoms with Crippen LogP contribution in [0.25, 0.3) is 0 Å². The maximum atomic E-state index is 6.23. The highest BCUT2D eigenvalue weighted by Gasteiger charge is 2.27. The highest BCUT2D eigenvalue weighted by Crippen LogP contribution is 2.29. The van der Waals surface area contributed by atoms with Crippen molar-refractivity contribution in [3.63, 3.8) is 0 Å². The summed E-state index contributed by atoms with van der Waals surface area (Å²) in [5, 5.41) is 0. The standard InChI is InChI=1S/C13H17NO2/c1-8-2-3-9(4-10-6-15-10)13(14)12(8)5-11-7-16-11/h2-3,10-11H,4-7,14H2,1H3. The van der Waals surface area contributed by atoms with E-state index in [0.29, 0.717) is 12.2 Å². The monoisotopic (exact) mass is 219 g/mol. The number of nitrogens with two attached hydrogens (primary N) is 1. The van der Waals surface area contributed by atoms with Crippen LogP contribution in [0, 0.1) is 6.92 Å². The van der Waals surface area contributed by atoms with Crippen LogP contribution in [0.15, 0.2) is 12.1 Å². The Morgan fingerprint density at radius 1 is 1.19 bits per heavy atom. The van der Waals surface area contributed by atoms with Crippen LogP contribution in [0.3, 0.4) is 0 Å². The van der Waals surface area contributed by atoms with E-state index < -0.39 is 0 Å². The maximum absolute atomic E-state index is 6.23. The lowest BCUT2D eigenvalue weighted by Gasteiger charge is -2.12. The Balaban J connectivity index is 1.86. The predicted molar refractivity (Wildman–Crippen MR) is 62.5 cm³/mol. The van der Waals surface area contributed by atoms with Crippen molar-refractivity contribution in [1.82, 2.24) is 0 Å². The number of epoxide rings is 2. The normalized spacial score (nSPS) is 26.8. The number of anilines is 1. The second-order valence-electron chi connectivity index (χ2n) is 4.75. The Morgan fingerprint density at radius 3 is 2.44 bits per heavy atom. The average Bonchev–Trinajstić information content (AvgIpc) is 3.11. The first-order valence-corrected chi connectivity index (χ1v) is 5.84. The molecule has 16 heavy (non-hydrogen) atoms. The molecule has 2 N–H and O–H groups in total. The van der Waals surface area contributed by atoms with Gasteiger partial charge >= 0.3 is 0 Å². The Bertz CT molecular complexity index is 409. The molecule has 2 aliphatic rings. The minimum absolute atomic E-state index is 0.397. The van der Waals surface area contributed by atoms with Crippen molar-refractivity contribution in [3.8, 4) is 0 Å². The zero-order valence-electron chi connectivity index (χ0n) is 9.53. The molecule has 3 rings (SSSR count). The Labute approximate surface area is 95.5 Å². The van der Waals surface area contributed by atoms with Gasteiger partial charge in [-0.15, -0.1) is 0 Å². The molecule has 0 bridgehead atoms. The summed E-state index contributed by atoms with van der Waals surface area (Å²) in [6.07, 6.45) is 2.70. The maximum Gasteiger partial charge on any atom is 0.0851 e. The molecule has 0 aliphatic carbocycles. The molecule has 2 fully saturated rings. The molecule has 2 saturated heterocycles. The molecule has 1 aromatic rings. The van der Waals surface area contributed by atoms with Gasteiger partial charge in [0.15, 0.2) is 0 Å². The van der Waals surface area contributed by atoms with Crippen LogP contribution in [-0.4, -0.2) is 25.4 Å². The first kappa shape index (κ1) is 10.1. The molecule has 2 atom stereocenters. The predicted octanol–water partition coefficient (Wildman–Crippen LogP) is 1.46. The lowest BCUT2D eigenvalue weighted by atomic mass is 9.96. The van der Waals surface area contributed by atoms with Crippen LogP contribution in [0.5, 0.6) is 0 Å². The average molecular weight is 219 g/mol. The van der Waals surface area contributed by atoms with Crippen molar-refractivity contribution in [2.45, 2.75) is 32.0 Å². The molecular weight excluding hydrogens is 202 g/mol. The molecule has 1 aromatic carbocycles. The van der Waals surface area contributed by atoms with Crippen LogP contribution in [0.2, 0.25) is 0 Å². The van der Waals surface area contributed by atoms with Crippen LogP contribution < -0.4 is 5.73 Å². The van der Waals surface area contributed by atoms with E-state index in [4.69, 9.17) is 15.2 Å². The van der Waals surface area contributed by atoms with E-state index >= 15 is 0 Å². The third kappa shape index (κ3) is 2.06. The number of benzene rings is 1. The highest BCUT2D eigenvalue weighted by atomic mass is 16.6. The largest absolute Gasteiger partial charge is 0.398 e. The zero-order valence-corrected chi connectivity index (χ0v) is 9.53. The molecule has 0 spiro atoms. The van der Waals surface area contributed by atoms with Crippen LogP contribution in [-0.2, 0) is 22.3 Å². The summed E-state index contributed by atoms with van der Waals surface area (Å²) in [4.78, 5) is 0. The lowest BCUT2D eigenvalue weighted by molar-refractivity contribution is 0.406. The van der Waals surface area contributed by atoms with E-state index in [9.17, 15) is 0 Å². The summed E-state index contributed by atoms with van der Waals surface area (Å²) in [6.45, 7) is 3.88. The molecule has 0 radical (unpaired) electrons. The third-order valence-electron chi connectivity index (χ3n) is 3.37. The van der Waals surface area contributed by atoms with Crippen molar-refractivity contribution < 1.29 is 9.47 Å². The van der Waals surface area contributed by atoms with E-state index in [1.807, 2.05) is 0 Å². The van der Waals surface area contributed by atoms with Gasteiger partial charge in [0, 0.05) is 18.5 Å². The van der Waals surface area contributed by atoms with Crippen molar-refractivity contribution >= 4 is 5.69 Å². The highest BCUT2D eigenvalue weighted by molar-refractivity contribution is 5.57. The minimum Gasteiger partial charge on any atom is -0.398 e. The van der Waals surface area contributed by atoms with Gasteiger partial charge in [-0.25, -0.2) is 0 Å². The number of nitrogen functional groups attached to an aromatic ring is 1. The molecule has 2 aliphatic heterocycles. The Morgan fingerprint density at radius 2 is 1.81 bits per heavy atom. The van der Waals surface area contributed by atoms with Gasteiger partial charge in [-0.2, -0.15) is 0 Å². The smallest absolute Gasteiger partial charge is 0.0851 e. The van der Waals surface area contributed by atoms with Gasteiger partial charge in [-0.3, -0.25) is 0 Å². The molecule has 2 heterocycles. The number of rotatable bonds is 4. The summed E-state index contributed by atoms with van der Waals surface area (Å²) in [7, 11) is 0. The molecular formula is C13H17NO2. The molecule has 0 aromatic heterocycles. The van der Waals surface area contributed by atoms with Crippen LogP contribution in [0.4, 0.5) is 5.69 Å². The summed E-state index contributed by atoms with van der Waals surface area (Å²) in [5.41, 5.74) is 10.9. The Kier molecular flexibility index (Phi) is 2.37. The second-order valence-corrected chi connectivity index (χ2v) is 4.75. The Hall–Kier alpha value is -1.06. The van der Waals surface area contributed by atoms with Crippen molar-refractivity contribution in [2.75, 3.05) is 18.9 Å². The van der Waals surface area contributed by atoms with E-state index in [1.165, 1.54) is 16.7 Å². The lowest BCUT2D eigenvalue weighted by Crippen LogP contribution is -2.07. The molecule has 86 valence electrons. The summed E-state index contributed by atoms with van der Waals surface area (Å²) >= 11 is 0. The zero-order chi connectivity index (χ0) is 11.1. The van der Waals surface area contributed by atoms with Crippen molar-refractivity contribution in [2.24, 2.45) is 0 Å². The van der Waals surface area contributed by atoms with Gasteiger partial charge < -0.3 is 15.2 Å². The van der Waals surface area contributed by atoms with E-state index in [-0.39, 0.29) is 0 Å². The van der Waals surface area contributed by atoms with Crippen LogP contribution >= 0.6 is 0 Å². The molecule has 3 heteroatoms. The second kappa shape index (κ2) is 3.75. The van der Waals surface area contributed by atoms with Gasteiger partial charge in [-0.05, 0) is 23.6 Å². The third-order valence-corrected chi connectivity index (χ3v) is 3.37. The fourth-order valence-corrected chi connectivity index (χ4v) is 2.12. The van der Waals surface area contributed by atoms with Gasteiger partial charge in [-0.1, -0.05) is 12.1 Å². The molecule has 3 nitrogen and oxygen atoms in total. The van der Waals surface area contributed by atoms with Gasteiger partial charge in [0.1, 0.15) is 0 Å². The molecule has 0 saturated carbocycles. The molecule has 0 amide bonds. The topological polar surface area (TPSA) is 51.1 Å². The summed E-state index contributed by atoms with van der Waals surface area (Å²) in [6, 6.07) is 4.29. The quantitative estimate of drug-likeness (QED) is 0.616. The summed E-state index contributed by atoms with van der Waals surface area (Å²) in [5.74, 6) is 0. The fraction of sp³-hybridized carbons (Fsp3) is 0.538. The van der Waals surface area contributed by atoms with E-state index in [0.717, 1.165) is 31.7 Å². The van der Waals surface area contributed by atoms with Crippen molar-refractivity contribution in [1.29, 1.82) is 0 Å². The van der Waals surface area contributed by atoms with Crippen LogP contribution in [0.1, 0.15) is 16.7 Å². The summed E-state index contributed by atoms with van der Waals surface area (Å²) < 4.78 is 10.5. The fourth-order valence-electron chi connectivity index (χ4n) is 2.12. The number of hydrogen-bond acceptors (Lipinski definition) is 3. The van der Waals surface area contributed by atoms with Crippen molar-refractivity contribution in [3.05, 3.63) is 28.8 Å². The molecule has 2 unspecified atom stereocenters. The number of aryl methyl sites for hydroxylation is 1. The van der Waals surface area contributed by atoms with Gasteiger partial charge in [0.2, 0.25) is 0 Å². The van der Waals surface area contributed by atoms with E-state index in [2.05, 4.69) is 19.1 Å². The van der Waals surface area contributed by atoms with Gasteiger partial charge in [0.05, 0.1) is 25.4 Å². The van der Waals surface area contributed by atoms with E-state index in [1.54, 1.807) is 0 Å². The minimum atomic E-state index is 0.397.